The lowest BCUT2D eigenvalue weighted by Crippen LogP contribution is -2.51. The summed E-state index contributed by atoms with van der Waals surface area (Å²) in [6.45, 7) is 3.98. The van der Waals surface area contributed by atoms with Gasteiger partial charge in [0.05, 0.1) is 23.7 Å². The van der Waals surface area contributed by atoms with E-state index in [9.17, 15) is 18.0 Å². The minimum atomic E-state index is -3.46. The summed E-state index contributed by atoms with van der Waals surface area (Å²) >= 11 is 6.25. The van der Waals surface area contributed by atoms with Crippen LogP contribution in [0.5, 0.6) is 0 Å². The number of halogens is 1. The highest BCUT2D eigenvalue weighted by Crippen LogP contribution is 2.31. The van der Waals surface area contributed by atoms with Gasteiger partial charge in [-0.15, -0.1) is 0 Å². The van der Waals surface area contributed by atoms with E-state index in [1.807, 2.05) is 0 Å². The monoisotopic (exact) mass is 464 g/mol. The standard InChI is InChI=1S/C19H21ClN6O4S/c1-4-18(27)26-6-5-25(31(3,29)30)10-16(26)12-7-14(24-17(20)8-12)13-9-15(19(28)21-2)23-11-22-13/h4,7-9,11,16H,1,5-6,10H2,2-3H3,(H,21,28). The highest BCUT2D eigenvalue weighted by atomic mass is 35.5. The summed E-state index contributed by atoms with van der Waals surface area (Å²) in [5.41, 5.74) is 1.45. The minimum absolute atomic E-state index is 0.0610. The van der Waals surface area contributed by atoms with Gasteiger partial charge in [-0.2, -0.15) is 4.31 Å². The summed E-state index contributed by atoms with van der Waals surface area (Å²) in [6, 6.07) is 4.11. The highest BCUT2D eigenvalue weighted by Gasteiger charge is 2.34. The summed E-state index contributed by atoms with van der Waals surface area (Å²) in [5.74, 6) is -0.707. The van der Waals surface area contributed by atoms with Crippen LogP contribution < -0.4 is 5.32 Å². The Labute approximate surface area is 185 Å². The van der Waals surface area contributed by atoms with E-state index < -0.39 is 16.1 Å². The van der Waals surface area contributed by atoms with Crippen molar-refractivity contribution >= 4 is 33.4 Å². The van der Waals surface area contributed by atoms with Crippen molar-refractivity contribution in [1.29, 1.82) is 0 Å². The van der Waals surface area contributed by atoms with Gasteiger partial charge in [-0.25, -0.2) is 23.4 Å². The molecule has 0 radical (unpaired) electrons. The van der Waals surface area contributed by atoms with E-state index in [0.29, 0.717) is 17.0 Å². The van der Waals surface area contributed by atoms with Gasteiger partial charge < -0.3 is 10.2 Å². The lowest BCUT2D eigenvalue weighted by Gasteiger charge is -2.40. The molecule has 2 aromatic heterocycles. The van der Waals surface area contributed by atoms with Crippen LogP contribution in [0.4, 0.5) is 0 Å². The number of aromatic nitrogens is 3. The zero-order valence-corrected chi connectivity index (χ0v) is 18.5. The van der Waals surface area contributed by atoms with E-state index in [4.69, 9.17) is 11.6 Å². The molecule has 164 valence electrons. The minimum Gasteiger partial charge on any atom is -0.354 e. The topological polar surface area (TPSA) is 125 Å². The van der Waals surface area contributed by atoms with Crippen LogP contribution in [-0.4, -0.2) is 77.3 Å². The molecule has 2 aromatic rings. The van der Waals surface area contributed by atoms with Crippen molar-refractivity contribution in [1.82, 2.24) is 29.5 Å². The summed E-state index contributed by atoms with van der Waals surface area (Å²) in [6.07, 6.45) is 3.55. The Morgan fingerprint density at radius 3 is 2.61 bits per heavy atom. The Morgan fingerprint density at radius 1 is 1.23 bits per heavy atom. The van der Waals surface area contributed by atoms with Crippen LogP contribution in [0.2, 0.25) is 5.15 Å². The fourth-order valence-corrected chi connectivity index (χ4v) is 4.36. The molecule has 0 saturated carbocycles. The molecule has 0 aliphatic carbocycles. The molecule has 31 heavy (non-hydrogen) atoms. The van der Waals surface area contributed by atoms with Gasteiger partial charge in [0.25, 0.3) is 5.91 Å². The summed E-state index contributed by atoms with van der Waals surface area (Å²) in [5, 5.41) is 2.62. The molecular weight excluding hydrogens is 444 g/mol. The SMILES string of the molecule is C=CC(=O)N1CCN(S(C)(=O)=O)CC1c1cc(Cl)nc(-c2cc(C(=O)NC)ncn2)c1. The Hall–Kier alpha value is -2.89. The number of nitrogens with zero attached hydrogens (tertiary/aromatic N) is 5. The first-order chi connectivity index (χ1) is 14.6. The number of hydrogen-bond donors (Lipinski definition) is 1. The van der Waals surface area contributed by atoms with Gasteiger partial charge in [0.15, 0.2) is 0 Å². The van der Waals surface area contributed by atoms with Crippen molar-refractivity contribution in [3.8, 4) is 11.4 Å². The van der Waals surface area contributed by atoms with Crippen molar-refractivity contribution in [2.45, 2.75) is 6.04 Å². The second-order valence-corrected chi connectivity index (χ2v) is 9.22. The van der Waals surface area contributed by atoms with Gasteiger partial charge in [-0.05, 0) is 29.8 Å². The Balaban J connectivity index is 2.06. The predicted octanol–water partition coefficient (Wildman–Crippen LogP) is 0.882. The van der Waals surface area contributed by atoms with Crippen LogP contribution in [-0.2, 0) is 14.8 Å². The summed E-state index contributed by atoms with van der Waals surface area (Å²) < 4.78 is 25.5. The van der Waals surface area contributed by atoms with E-state index in [-0.39, 0.29) is 42.3 Å². The molecule has 1 N–H and O–H groups in total. The van der Waals surface area contributed by atoms with Gasteiger partial charge in [0.1, 0.15) is 17.2 Å². The third-order valence-corrected chi connectivity index (χ3v) is 6.32. The summed E-state index contributed by atoms with van der Waals surface area (Å²) in [7, 11) is -1.97. The first-order valence-corrected chi connectivity index (χ1v) is 11.5. The van der Waals surface area contributed by atoms with Crippen LogP contribution in [0.3, 0.4) is 0 Å². The summed E-state index contributed by atoms with van der Waals surface area (Å²) in [4.78, 5) is 38.2. The van der Waals surface area contributed by atoms with E-state index in [1.54, 1.807) is 17.0 Å². The van der Waals surface area contributed by atoms with E-state index in [0.717, 1.165) is 6.26 Å². The number of carbonyl (C=O) groups excluding carboxylic acids is 2. The van der Waals surface area contributed by atoms with Crippen LogP contribution in [0, 0.1) is 0 Å². The molecule has 0 spiro atoms. The molecule has 1 fully saturated rings. The normalized spacial score (nSPS) is 17.3. The van der Waals surface area contributed by atoms with Crippen molar-refractivity contribution in [3.63, 3.8) is 0 Å². The zero-order valence-electron chi connectivity index (χ0n) is 16.9. The molecule has 1 unspecified atom stereocenters. The fraction of sp³-hybridized carbons (Fsp3) is 0.316. The molecule has 0 bridgehead atoms. The van der Waals surface area contributed by atoms with E-state index in [1.165, 1.54) is 29.8 Å². The van der Waals surface area contributed by atoms with E-state index in [2.05, 4.69) is 26.8 Å². The van der Waals surface area contributed by atoms with Gasteiger partial charge in [0, 0.05) is 26.7 Å². The first kappa shape index (κ1) is 22.8. The maximum absolute atomic E-state index is 12.4. The molecule has 1 saturated heterocycles. The third-order valence-electron chi connectivity index (χ3n) is 4.86. The Morgan fingerprint density at radius 2 is 1.97 bits per heavy atom. The molecule has 0 aromatic carbocycles. The number of sulfonamides is 1. The molecule has 3 heterocycles. The number of nitrogens with one attached hydrogen (secondary N) is 1. The number of amides is 2. The molecule has 12 heteroatoms. The van der Waals surface area contributed by atoms with E-state index >= 15 is 0 Å². The van der Waals surface area contributed by atoms with Crippen LogP contribution in [0.25, 0.3) is 11.4 Å². The van der Waals surface area contributed by atoms with Crippen molar-refractivity contribution in [3.05, 3.63) is 53.6 Å². The quantitative estimate of drug-likeness (QED) is 0.514. The molecule has 1 aliphatic rings. The average Bonchev–Trinajstić information content (AvgIpc) is 2.76. The lowest BCUT2D eigenvalue weighted by atomic mass is 10.0. The molecule has 1 aliphatic heterocycles. The Kier molecular flexibility index (Phi) is 6.68. The second kappa shape index (κ2) is 9.08. The van der Waals surface area contributed by atoms with Crippen molar-refractivity contribution < 1.29 is 18.0 Å². The third kappa shape index (κ3) is 5.06. The molecule has 10 nitrogen and oxygen atoms in total. The first-order valence-electron chi connectivity index (χ1n) is 9.24. The smallest absolute Gasteiger partial charge is 0.269 e. The van der Waals surface area contributed by atoms with Gasteiger partial charge >= 0.3 is 0 Å². The number of hydrogen-bond acceptors (Lipinski definition) is 7. The molecule has 3 rings (SSSR count). The van der Waals surface area contributed by atoms with Gasteiger partial charge in [0.2, 0.25) is 15.9 Å². The maximum Gasteiger partial charge on any atom is 0.269 e. The van der Waals surface area contributed by atoms with Crippen LogP contribution >= 0.6 is 11.6 Å². The van der Waals surface area contributed by atoms with Gasteiger partial charge in [-0.3, -0.25) is 9.59 Å². The molecule has 1 atom stereocenters. The fourth-order valence-electron chi connectivity index (χ4n) is 3.32. The van der Waals surface area contributed by atoms with Crippen molar-refractivity contribution in [2.24, 2.45) is 0 Å². The molecular formula is C19H21ClN6O4S. The number of pyridine rings is 1. The highest BCUT2D eigenvalue weighted by molar-refractivity contribution is 7.88. The Bertz CT molecular complexity index is 1140. The molecule has 2 amide bonds. The van der Waals surface area contributed by atoms with Crippen LogP contribution in [0.1, 0.15) is 22.1 Å². The lowest BCUT2D eigenvalue weighted by molar-refractivity contribution is -0.130. The predicted molar refractivity (Wildman–Crippen MR) is 115 cm³/mol. The largest absolute Gasteiger partial charge is 0.354 e. The van der Waals surface area contributed by atoms with Gasteiger partial charge in [-0.1, -0.05) is 18.2 Å². The second-order valence-electron chi connectivity index (χ2n) is 6.85. The maximum atomic E-state index is 12.4. The van der Waals surface area contributed by atoms with Crippen LogP contribution in [0.15, 0.2) is 37.2 Å². The number of carbonyl (C=O) groups is 2. The number of rotatable bonds is 5. The average molecular weight is 465 g/mol. The zero-order chi connectivity index (χ0) is 22.8. The van der Waals surface area contributed by atoms with Crippen molar-refractivity contribution in [2.75, 3.05) is 32.9 Å². The number of piperazine rings is 1.